The molecule has 30 heavy (non-hydrogen) atoms. The summed E-state index contributed by atoms with van der Waals surface area (Å²) < 4.78 is 27.8. The fraction of sp³-hybridized carbons (Fsp3) is 0.208. The fourth-order valence-corrected chi connectivity index (χ4v) is 4.41. The van der Waals surface area contributed by atoms with Gasteiger partial charge in [-0.05, 0) is 55.7 Å². The monoisotopic (exact) mass is 420 g/mol. The number of sulfonamides is 1. The topological polar surface area (TPSA) is 66.5 Å². The second kappa shape index (κ2) is 8.32. The maximum atomic E-state index is 13.2. The van der Waals surface area contributed by atoms with Crippen molar-refractivity contribution in [2.75, 3.05) is 4.72 Å². The van der Waals surface area contributed by atoms with Crippen LogP contribution in [0.2, 0.25) is 0 Å². The Labute approximate surface area is 177 Å². The van der Waals surface area contributed by atoms with Crippen LogP contribution in [0.5, 0.6) is 0 Å². The minimum atomic E-state index is -3.71. The van der Waals surface area contributed by atoms with Gasteiger partial charge in [-0.1, -0.05) is 54.1 Å². The lowest BCUT2D eigenvalue weighted by molar-refractivity contribution is 0.0730. The molecule has 3 aromatic rings. The van der Waals surface area contributed by atoms with Gasteiger partial charge in [0.15, 0.2) is 0 Å². The van der Waals surface area contributed by atoms with E-state index in [2.05, 4.69) is 4.72 Å². The zero-order valence-electron chi connectivity index (χ0n) is 16.8. The minimum absolute atomic E-state index is 0.0844. The molecule has 1 amide bonds. The van der Waals surface area contributed by atoms with Gasteiger partial charge in [0.1, 0.15) is 0 Å². The maximum absolute atomic E-state index is 13.2. The number of carbonyl (C=O) groups is 1. The van der Waals surface area contributed by atoms with Crippen molar-refractivity contribution in [3.8, 4) is 0 Å². The van der Waals surface area contributed by atoms with Gasteiger partial charge >= 0.3 is 0 Å². The molecule has 6 heteroatoms. The predicted octanol–water partition coefficient (Wildman–Crippen LogP) is 4.60. The number of anilines is 1. The Balaban J connectivity index is 1.54. The van der Waals surface area contributed by atoms with E-state index in [9.17, 15) is 13.2 Å². The summed E-state index contributed by atoms with van der Waals surface area (Å²) in [6, 6.07) is 23.3. The van der Waals surface area contributed by atoms with Crippen LogP contribution in [0.1, 0.15) is 34.3 Å². The highest BCUT2D eigenvalue weighted by molar-refractivity contribution is 7.92. The molecule has 0 spiro atoms. The molecule has 0 heterocycles. The summed E-state index contributed by atoms with van der Waals surface area (Å²) in [6.45, 7) is 2.58. The van der Waals surface area contributed by atoms with E-state index in [1.807, 2.05) is 36.1 Å². The van der Waals surface area contributed by atoms with Gasteiger partial charge in [-0.15, -0.1) is 0 Å². The van der Waals surface area contributed by atoms with Gasteiger partial charge in [-0.25, -0.2) is 8.42 Å². The molecule has 154 valence electrons. The van der Waals surface area contributed by atoms with Crippen LogP contribution in [0.25, 0.3) is 0 Å². The lowest BCUT2D eigenvalue weighted by Gasteiger charge is -2.23. The molecule has 0 radical (unpaired) electrons. The van der Waals surface area contributed by atoms with Crippen molar-refractivity contribution in [1.29, 1.82) is 0 Å². The average molecular weight is 421 g/mol. The van der Waals surface area contributed by atoms with Crippen LogP contribution in [0.4, 0.5) is 5.69 Å². The first-order valence-corrected chi connectivity index (χ1v) is 11.5. The quantitative estimate of drug-likeness (QED) is 0.607. The number of amides is 1. The molecule has 0 saturated heterocycles. The summed E-state index contributed by atoms with van der Waals surface area (Å²) in [5.74, 6) is -0.0844. The van der Waals surface area contributed by atoms with Crippen molar-refractivity contribution in [2.24, 2.45) is 0 Å². The fourth-order valence-electron chi connectivity index (χ4n) is 3.34. The van der Waals surface area contributed by atoms with Crippen LogP contribution in [0, 0.1) is 6.92 Å². The third-order valence-electron chi connectivity index (χ3n) is 5.14. The normalized spacial score (nSPS) is 13.6. The SMILES string of the molecule is Cc1ccc(CN(C(=O)c2cccc(NS(=O)(=O)c3ccccc3)c2)C2CC2)cc1. The van der Waals surface area contributed by atoms with Crippen LogP contribution in [-0.2, 0) is 16.6 Å². The number of carbonyl (C=O) groups excluding carboxylic acids is 1. The molecule has 1 fully saturated rings. The van der Waals surface area contributed by atoms with Crippen LogP contribution in [-0.4, -0.2) is 25.3 Å². The Morgan fingerprint density at radius 2 is 1.67 bits per heavy atom. The summed E-state index contributed by atoms with van der Waals surface area (Å²) in [5.41, 5.74) is 3.11. The van der Waals surface area contributed by atoms with E-state index in [1.165, 1.54) is 17.7 Å². The number of aryl methyl sites for hydroxylation is 1. The van der Waals surface area contributed by atoms with Crippen LogP contribution in [0.15, 0.2) is 83.8 Å². The molecule has 0 unspecified atom stereocenters. The average Bonchev–Trinajstić information content (AvgIpc) is 3.59. The first-order valence-electron chi connectivity index (χ1n) is 9.97. The van der Waals surface area contributed by atoms with E-state index in [0.29, 0.717) is 17.8 Å². The van der Waals surface area contributed by atoms with Gasteiger partial charge in [0.05, 0.1) is 4.90 Å². The Morgan fingerprint density at radius 1 is 0.967 bits per heavy atom. The molecule has 0 aliphatic heterocycles. The standard InChI is InChI=1S/C24H24N2O3S/c1-18-10-12-19(13-11-18)17-26(22-14-15-22)24(27)20-6-5-7-21(16-20)25-30(28,29)23-8-3-2-4-9-23/h2-13,16,22,25H,14-15,17H2,1H3. The summed E-state index contributed by atoms with van der Waals surface area (Å²) in [6.07, 6.45) is 2.00. The summed E-state index contributed by atoms with van der Waals surface area (Å²) in [7, 11) is -3.71. The lowest BCUT2D eigenvalue weighted by Crippen LogP contribution is -2.32. The molecule has 1 saturated carbocycles. The molecular formula is C24H24N2O3S. The first kappa shape index (κ1) is 20.2. The van der Waals surface area contributed by atoms with Crippen molar-refractivity contribution >= 4 is 21.6 Å². The molecular weight excluding hydrogens is 396 g/mol. The highest BCUT2D eigenvalue weighted by Gasteiger charge is 2.33. The number of nitrogens with zero attached hydrogens (tertiary/aromatic N) is 1. The predicted molar refractivity (Wildman–Crippen MR) is 118 cm³/mol. The van der Waals surface area contributed by atoms with Gasteiger partial charge in [0.2, 0.25) is 0 Å². The molecule has 1 aliphatic rings. The lowest BCUT2D eigenvalue weighted by atomic mass is 10.1. The smallest absolute Gasteiger partial charge is 0.261 e. The largest absolute Gasteiger partial charge is 0.331 e. The number of nitrogens with one attached hydrogen (secondary N) is 1. The molecule has 5 nitrogen and oxygen atoms in total. The van der Waals surface area contributed by atoms with E-state index < -0.39 is 10.0 Å². The van der Waals surface area contributed by atoms with E-state index in [-0.39, 0.29) is 16.8 Å². The van der Waals surface area contributed by atoms with Crippen LogP contribution >= 0.6 is 0 Å². The van der Waals surface area contributed by atoms with Crippen molar-refractivity contribution < 1.29 is 13.2 Å². The zero-order valence-corrected chi connectivity index (χ0v) is 17.6. The van der Waals surface area contributed by atoms with Crippen molar-refractivity contribution in [2.45, 2.75) is 37.2 Å². The van der Waals surface area contributed by atoms with Crippen molar-refractivity contribution in [3.63, 3.8) is 0 Å². The Morgan fingerprint density at radius 3 is 2.33 bits per heavy atom. The zero-order chi connectivity index (χ0) is 21.1. The third kappa shape index (κ3) is 4.71. The molecule has 3 aromatic carbocycles. The third-order valence-corrected chi connectivity index (χ3v) is 6.53. The molecule has 4 rings (SSSR count). The Bertz CT molecular complexity index is 1140. The maximum Gasteiger partial charge on any atom is 0.261 e. The van der Waals surface area contributed by atoms with Gasteiger partial charge < -0.3 is 4.90 Å². The Hall–Kier alpha value is -3.12. The number of hydrogen-bond acceptors (Lipinski definition) is 3. The highest BCUT2D eigenvalue weighted by atomic mass is 32.2. The van der Waals surface area contributed by atoms with Crippen LogP contribution in [0.3, 0.4) is 0 Å². The second-order valence-corrected chi connectivity index (χ2v) is 9.33. The van der Waals surface area contributed by atoms with E-state index >= 15 is 0 Å². The first-order chi connectivity index (χ1) is 14.4. The highest BCUT2D eigenvalue weighted by Crippen LogP contribution is 2.30. The Kier molecular flexibility index (Phi) is 5.59. The van der Waals surface area contributed by atoms with Crippen molar-refractivity contribution in [1.82, 2.24) is 4.90 Å². The van der Waals surface area contributed by atoms with E-state index in [1.54, 1.807) is 42.5 Å². The molecule has 0 aromatic heterocycles. The molecule has 1 N–H and O–H groups in total. The van der Waals surface area contributed by atoms with Crippen molar-refractivity contribution in [3.05, 3.63) is 95.6 Å². The second-order valence-electron chi connectivity index (χ2n) is 7.65. The number of hydrogen-bond donors (Lipinski definition) is 1. The summed E-state index contributed by atoms with van der Waals surface area (Å²) in [4.78, 5) is 15.3. The van der Waals surface area contributed by atoms with E-state index in [4.69, 9.17) is 0 Å². The number of rotatable bonds is 7. The minimum Gasteiger partial charge on any atom is -0.331 e. The molecule has 0 atom stereocenters. The van der Waals surface area contributed by atoms with Gasteiger partial charge in [0, 0.05) is 23.8 Å². The van der Waals surface area contributed by atoms with Gasteiger partial charge in [0.25, 0.3) is 15.9 Å². The summed E-state index contributed by atoms with van der Waals surface area (Å²) in [5, 5.41) is 0. The molecule has 1 aliphatic carbocycles. The number of benzene rings is 3. The van der Waals surface area contributed by atoms with Gasteiger partial charge in [-0.2, -0.15) is 0 Å². The van der Waals surface area contributed by atoms with E-state index in [0.717, 1.165) is 18.4 Å². The van der Waals surface area contributed by atoms with Crippen LogP contribution < -0.4 is 4.72 Å². The molecule has 0 bridgehead atoms. The summed E-state index contributed by atoms with van der Waals surface area (Å²) >= 11 is 0. The van der Waals surface area contributed by atoms with Gasteiger partial charge in [-0.3, -0.25) is 9.52 Å².